The van der Waals surface area contributed by atoms with E-state index in [2.05, 4.69) is 10.6 Å². The second kappa shape index (κ2) is 8.72. The molecule has 204 valence electrons. The quantitative estimate of drug-likeness (QED) is 0.545. The molecule has 2 aliphatic heterocycles. The lowest BCUT2D eigenvalue weighted by Crippen LogP contribution is -2.50. The number of ether oxygens (including phenoxy) is 1. The van der Waals surface area contributed by atoms with Gasteiger partial charge in [0.05, 0.1) is 28.7 Å². The molecule has 1 aromatic heterocycles. The van der Waals surface area contributed by atoms with E-state index in [-0.39, 0.29) is 28.6 Å². The number of sulfone groups is 1. The molecule has 1 saturated heterocycles. The van der Waals surface area contributed by atoms with Gasteiger partial charge in [0.2, 0.25) is 5.91 Å². The van der Waals surface area contributed by atoms with Gasteiger partial charge in [-0.1, -0.05) is 18.9 Å². The minimum absolute atomic E-state index is 0.119. The number of hydrogen-bond acceptors (Lipinski definition) is 6. The van der Waals surface area contributed by atoms with Crippen LogP contribution >= 0.6 is 0 Å². The van der Waals surface area contributed by atoms with Crippen molar-refractivity contribution in [2.45, 2.75) is 56.8 Å². The molecule has 1 aromatic carbocycles. The zero-order valence-corrected chi connectivity index (χ0v) is 21.3. The van der Waals surface area contributed by atoms with E-state index in [0.29, 0.717) is 37.4 Å². The molecule has 2 aromatic rings. The minimum Gasteiger partial charge on any atom is -0.484 e. The van der Waals surface area contributed by atoms with Crippen LogP contribution in [0.15, 0.2) is 18.2 Å². The van der Waals surface area contributed by atoms with Crippen LogP contribution in [-0.2, 0) is 39.6 Å². The maximum Gasteiger partial charge on any atom is 0.422 e. The van der Waals surface area contributed by atoms with Crippen LogP contribution < -0.4 is 15.4 Å². The summed E-state index contributed by atoms with van der Waals surface area (Å²) in [5.74, 6) is -0.921. The third kappa shape index (κ3) is 4.76. The largest absolute Gasteiger partial charge is 0.484 e. The zero-order chi connectivity index (χ0) is 26.9. The number of anilines is 1. The van der Waals surface area contributed by atoms with Crippen molar-refractivity contribution in [3.63, 3.8) is 0 Å². The van der Waals surface area contributed by atoms with Gasteiger partial charge in [0.25, 0.3) is 5.91 Å². The van der Waals surface area contributed by atoms with Gasteiger partial charge >= 0.3 is 6.18 Å². The fraction of sp³-hybridized carbons (Fsp3) is 0.560. The first kappa shape index (κ1) is 25.2. The van der Waals surface area contributed by atoms with Crippen molar-refractivity contribution in [1.29, 1.82) is 0 Å². The third-order valence-corrected chi connectivity index (χ3v) is 9.68. The fourth-order valence-electron chi connectivity index (χ4n) is 5.71. The molecule has 0 unspecified atom stereocenters. The molecule has 13 heteroatoms. The molecule has 2 amide bonds. The van der Waals surface area contributed by atoms with E-state index in [1.165, 1.54) is 6.07 Å². The Labute approximate surface area is 217 Å². The molecule has 1 atom stereocenters. The first-order valence-electron chi connectivity index (χ1n) is 12.7. The molecule has 9 nitrogen and oxygen atoms in total. The fourth-order valence-corrected chi connectivity index (χ4v) is 7.14. The van der Waals surface area contributed by atoms with Crippen molar-refractivity contribution in [3.8, 4) is 5.75 Å². The Morgan fingerprint density at radius 3 is 2.71 bits per heavy atom. The normalized spacial score (nSPS) is 23.9. The van der Waals surface area contributed by atoms with Crippen molar-refractivity contribution < 1.29 is 35.9 Å². The minimum atomic E-state index is -4.44. The number of aryl methyl sites for hydroxylation is 2. The van der Waals surface area contributed by atoms with E-state index in [9.17, 15) is 31.2 Å². The van der Waals surface area contributed by atoms with Gasteiger partial charge in [0, 0.05) is 13.0 Å². The van der Waals surface area contributed by atoms with E-state index >= 15 is 0 Å². The SMILES string of the molecule is O=C1N[C@@]2(CCc3cc(OCC(F)(F)F)ccc32)Cc2nn(CCC3CC3)c(NC(=O)C3CS(=O)(=O)C3)c21. The molecule has 2 fully saturated rings. The predicted molar refractivity (Wildman–Crippen MR) is 130 cm³/mol. The van der Waals surface area contributed by atoms with Crippen molar-refractivity contribution in [2.24, 2.45) is 11.8 Å². The predicted octanol–water partition coefficient (Wildman–Crippen LogP) is 2.74. The molecule has 3 heterocycles. The number of nitrogens with zero attached hydrogens (tertiary/aromatic N) is 2. The summed E-state index contributed by atoms with van der Waals surface area (Å²) in [5.41, 5.74) is 1.67. The number of hydrogen-bond donors (Lipinski definition) is 2. The highest BCUT2D eigenvalue weighted by Crippen LogP contribution is 2.44. The third-order valence-electron chi connectivity index (χ3n) is 7.86. The smallest absolute Gasteiger partial charge is 0.422 e. The number of halogens is 3. The Bertz CT molecular complexity index is 1420. The van der Waals surface area contributed by atoms with Crippen LogP contribution in [0.5, 0.6) is 5.75 Å². The van der Waals surface area contributed by atoms with Crippen LogP contribution in [0, 0.1) is 11.8 Å². The van der Waals surface area contributed by atoms with Gasteiger partial charge in [-0.05, 0) is 48.4 Å². The topological polar surface area (TPSA) is 119 Å². The number of alkyl halides is 3. The molecule has 2 N–H and O–H groups in total. The van der Waals surface area contributed by atoms with Gasteiger partial charge in [-0.25, -0.2) is 13.1 Å². The molecule has 4 aliphatic rings. The number of amides is 2. The maximum absolute atomic E-state index is 13.5. The summed E-state index contributed by atoms with van der Waals surface area (Å²) in [5, 5.41) is 10.6. The summed E-state index contributed by atoms with van der Waals surface area (Å²) in [6.45, 7) is -0.858. The number of carbonyl (C=O) groups excluding carboxylic acids is 2. The van der Waals surface area contributed by atoms with Gasteiger partial charge in [-0.15, -0.1) is 0 Å². The van der Waals surface area contributed by atoms with E-state index in [4.69, 9.17) is 9.84 Å². The van der Waals surface area contributed by atoms with Crippen LogP contribution in [0.3, 0.4) is 0 Å². The van der Waals surface area contributed by atoms with Crippen LogP contribution in [0.2, 0.25) is 0 Å². The summed E-state index contributed by atoms with van der Waals surface area (Å²) in [4.78, 5) is 26.3. The first-order chi connectivity index (χ1) is 17.9. The summed E-state index contributed by atoms with van der Waals surface area (Å²) >= 11 is 0. The number of rotatable bonds is 7. The van der Waals surface area contributed by atoms with E-state index in [1.54, 1.807) is 16.8 Å². The summed E-state index contributed by atoms with van der Waals surface area (Å²) in [6.07, 6.45) is 0.156. The van der Waals surface area contributed by atoms with Crippen LogP contribution in [-0.4, -0.2) is 54.3 Å². The lowest BCUT2D eigenvalue weighted by atomic mass is 9.82. The average Bonchev–Trinajstić information content (AvgIpc) is 3.51. The molecule has 1 saturated carbocycles. The molecule has 2 aliphatic carbocycles. The molecular formula is C25H27F3N4O5S. The van der Waals surface area contributed by atoms with Crippen molar-refractivity contribution >= 4 is 27.5 Å². The van der Waals surface area contributed by atoms with Gasteiger partial charge < -0.3 is 15.4 Å². The molecule has 0 bridgehead atoms. The second-order valence-corrected chi connectivity index (χ2v) is 13.0. The highest BCUT2D eigenvalue weighted by molar-refractivity contribution is 7.92. The Kier molecular flexibility index (Phi) is 5.78. The van der Waals surface area contributed by atoms with E-state index in [1.807, 2.05) is 0 Å². The maximum atomic E-state index is 13.5. The van der Waals surface area contributed by atoms with Gasteiger partial charge in [0.15, 0.2) is 16.4 Å². The summed E-state index contributed by atoms with van der Waals surface area (Å²) in [7, 11) is -3.19. The molecule has 1 spiro atoms. The van der Waals surface area contributed by atoms with Crippen LogP contribution in [0.4, 0.5) is 19.0 Å². The highest BCUT2D eigenvalue weighted by atomic mass is 32.2. The lowest BCUT2D eigenvalue weighted by molar-refractivity contribution is -0.153. The standard InChI is InChI=1S/C25H27F3N4O5S/c26-25(27,28)13-37-17-3-4-18-15(9-17)5-7-24(18)10-19-20(23(34)30-24)21(32(31-19)8-6-14-1-2-14)29-22(33)16-11-38(35,36)12-16/h3-4,9,14,16H,1-2,5-8,10-13H2,(H,29,33)(H,30,34)/t24-/m0/s1. The number of nitrogens with one attached hydrogen (secondary N) is 2. The van der Waals surface area contributed by atoms with Crippen LogP contribution in [0.25, 0.3) is 0 Å². The van der Waals surface area contributed by atoms with Crippen molar-refractivity contribution in [3.05, 3.63) is 40.6 Å². The lowest BCUT2D eigenvalue weighted by Gasteiger charge is -2.35. The Morgan fingerprint density at radius 1 is 1.26 bits per heavy atom. The highest BCUT2D eigenvalue weighted by Gasteiger charge is 2.47. The monoisotopic (exact) mass is 552 g/mol. The van der Waals surface area contributed by atoms with Gasteiger partial charge in [-0.2, -0.15) is 18.3 Å². The number of carbonyl (C=O) groups is 2. The van der Waals surface area contributed by atoms with E-state index in [0.717, 1.165) is 30.4 Å². The number of benzene rings is 1. The number of fused-ring (bicyclic) bond motifs is 3. The van der Waals surface area contributed by atoms with Crippen molar-refractivity contribution in [1.82, 2.24) is 15.1 Å². The Hall–Kier alpha value is -3.09. The zero-order valence-electron chi connectivity index (χ0n) is 20.4. The first-order valence-corrected chi connectivity index (χ1v) is 14.5. The molecular weight excluding hydrogens is 525 g/mol. The molecule has 38 heavy (non-hydrogen) atoms. The molecule has 6 rings (SSSR count). The molecule has 0 radical (unpaired) electrons. The summed E-state index contributed by atoms with van der Waals surface area (Å²) < 4.78 is 67.4. The van der Waals surface area contributed by atoms with Crippen molar-refractivity contribution in [2.75, 3.05) is 23.4 Å². The Morgan fingerprint density at radius 2 is 2.03 bits per heavy atom. The van der Waals surface area contributed by atoms with Gasteiger partial charge in [0.1, 0.15) is 17.1 Å². The van der Waals surface area contributed by atoms with Gasteiger partial charge in [-0.3, -0.25) is 9.59 Å². The average molecular weight is 553 g/mol. The Balaban J connectivity index is 1.27. The summed E-state index contributed by atoms with van der Waals surface area (Å²) in [6, 6.07) is 4.76. The number of aromatic nitrogens is 2. The van der Waals surface area contributed by atoms with E-state index < -0.39 is 45.9 Å². The van der Waals surface area contributed by atoms with Crippen LogP contribution in [0.1, 0.15) is 52.9 Å². The second-order valence-electron chi connectivity index (χ2n) is 10.8.